The fourth-order valence-corrected chi connectivity index (χ4v) is 1.47. The Bertz CT molecular complexity index is 643. The Morgan fingerprint density at radius 1 is 1.00 bits per heavy atom. The number of benzene rings is 2. The van der Waals surface area contributed by atoms with E-state index in [0.29, 0.717) is 5.56 Å². The van der Waals surface area contributed by atoms with Crippen LogP contribution in [0.2, 0.25) is 0 Å². The first-order valence-electron chi connectivity index (χ1n) is 5.79. The molecule has 0 aliphatic carbocycles. The van der Waals surface area contributed by atoms with Gasteiger partial charge in [-0.05, 0) is 48.6 Å². The lowest BCUT2D eigenvalue weighted by molar-refractivity contribution is 0.104. The lowest BCUT2D eigenvalue weighted by Gasteiger charge is -1.93. The van der Waals surface area contributed by atoms with Crippen LogP contribution >= 0.6 is 0 Å². The summed E-state index contributed by atoms with van der Waals surface area (Å²) in [6, 6.07) is 14.9. The van der Waals surface area contributed by atoms with Gasteiger partial charge in [0.25, 0.3) is 0 Å². The summed E-state index contributed by atoms with van der Waals surface area (Å²) in [4.78, 5) is 11.7. The minimum atomic E-state index is -0.357. The maximum absolute atomic E-state index is 12.7. The predicted octanol–water partition coefficient (Wildman–Crippen LogP) is 3.62. The first kappa shape index (κ1) is 12.8. The largest absolute Gasteiger partial charge is 0.289 e. The van der Waals surface area contributed by atoms with Gasteiger partial charge in [-0.1, -0.05) is 30.0 Å². The third-order valence-corrected chi connectivity index (χ3v) is 2.44. The molecule has 0 amide bonds. The number of hydrogen-bond acceptors (Lipinski definition) is 1. The van der Waals surface area contributed by atoms with E-state index in [9.17, 15) is 9.18 Å². The third kappa shape index (κ3) is 3.93. The molecule has 0 fully saturated rings. The summed E-state index contributed by atoms with van der Waals surface area (Å²) in [5, 5.41) is 0. The summed E-state index contributed by atoms with van der Waals surface area (Å²) in [7, 11) is 0. The molecule has 2 aromatic carbocycles. The SMILES string of the molecule is O=C(/C=C/C#Cc1ccccc1)c1ccc(F)cc1. The Morgan fingerprint density at radius 2 is 1.68 bits per heavy atom. The zero-order valence-electron chi connectivity index (χ0n) is 10.1. The molecule has 0 spiro atoms. The Kier molecular flexibility index (Phi) is 4.25. The molecule has 92 valence electrons. The van der Waals surface area contributed by atoms with Crippen LogP contribution in [0.1, 0.15) is 15.9 Å². The van der Waals surface area contributed by atoms with Crippen molar-refractivity contribution in [3.05, 3.63) is 83.7 Å². The first-order valence-corrected chi connectivity index (χ1v) is 5.79. The lowest BCUT2D eigenvalue weighted by Crippen LogP contribution is -1.93. The minimum absolute atomic E-state index is 0.192. The third-order valence-electron chi connectivity index (χ3n) is 2.44. The number of rotatable bonds is 2. The molecule has 1 nitrogen and oxygen atoms in total. The molecular formula is C17H11FO. The van der Waals surface area contributed by atoms with Crippen LogP contribution in [0.25, 0.3) is 0 Å². The molecule has 19 heavy (non-hydrogen) atoms. The Balaban J connectivity index is 2.02. The highest BCUT2D eigenvalue weighted by atomic mass is 19.1. The summed E-state index contributed by atoms with van der Waals surface area (Å²) in [5.41, 5.74) is 1.33. The normalized spacial score (nSPS) is 9.95. The van der Waals surface area contributed by atoms with Gasteiger partial charge in [0.15, 0.2) is 5.78 Å². The van der Waals surface area contributed by atoms with Crippen molar-refractivity contribution < 1.29 is 9.18 Å². The summed E-state index contributed by atoms with van der Waals surface area (Å²) in [6.07, 6.45) is 2.88. The zero-order chi connectivity index (χ0) is 13.5. The summed E-state index contributed by atoms with van der Waals surface area (Å²) in [6.45, 7) is 0. The van der Waals surface area contributed by atoms with Crippen molar-refractivity contribution >= 4 is 5.78 Å². The summed E-state index contributed by atoms with van der Waals surface area (Å²) < 4.78 is 12.7. The summed E-state index contributed by atoms with van der Waals surface area (Å²) in [5.74, 6) is 5.15. The van der Waals surface area contributed by atoms with E-state index in [1.807, 2.05) is 30.3 Å². The number of allylic oxidation sites excluding steroid dienone is 2. The van der Waals surface area contributed by atoms with Gasteiger partial charge in [0.1, 0.15) is 5.82 Å². The van der Waals surface area contributed by atoms with Crippen LogP contribution in [0.5, 0.6) is 0 Å². The minimum Gasteiger partial charge on any atom is -0.289 e. The van der Waals surface area contributed by atoms with E-state index in [-0.39, 0.29) is 11.6 Å². The fraction of sp³-hybridized carbons (Fsp3) is 0. The van der Waals surface area contributed by atoms with E-state index < -0.39 is 0 Å². The number of carbonyl (C=O) groups is 1. The van der Waals surface area contributed by atoms with Gasteiger partial charge in [0, 0.05) is 11.1 Å². The Labute approximate surface area is 111 Å². The quantitative estimate of drug-likeness (QED) is 0.452. The monoisotopic (exact) mass is 250 g/mol. The van der Waals surface area contributed by atoms with E-state index in [1.54, 1.807) is 0 Å². The van der Waals surface area contributed by atoms with Crippen molar-refractivity contribution in [1.82, 2.24) is 0 Å². The highest BCUT2D eigenvalue weighted by molar-refractivity contribution is 6.04. The van der Waals surface area contributed by atoms with Crippen LogP contribution in [0.15, 0.2) is 66.7 Å². The standard InChI is InChI=1S/C17H11FO/c18-16-12-10-15(11-13-16)17(19)9-5-4-8-14-6-2-1-3-7-14/h1-3,5-7,9-13H/b9-5+. The molecule has 0 radical (unpaired) electrons. The molecule has 2 heteroatoms. The van der Waals surface area contributed by atoms with Gasteiger partial charge in [-0.3, -0.25) is 4.79 Å². The molecule has 2 rings (SSSR count). The molecular weight excluding hydrogens is 239 g/mol. The van der Waals surface area contributed by atoms with Crippen molar-refractivity contribution in [2.45, 2.75) is 0 Å². The van der Waals surface area contributed by atoms with E-state index >= 15 is 0 Å². The molecule has 0 atom stereocenters. The first-order chi connectivity index (χ1) is 9.25. The maximum atomic E-state index is 12.7. The highest BCUT2D eigenvalue weighted by Crippen LogP contribution is 2.04. The second kappa shape index (κ2) is 6.32. The fourth-order valence-electron chi connectivity index (χ4n) is 1.47. The van der Waals surface area contributed by atoms with Gasteiger partial charge in [0.05, 0.1) is 0 Å². The summed E-state index contributed by atoms with van der Waals surface area (Å²) >= 11 is 0. The smallest absolute Gasteiger partial charge is 0.186 e. The van der Waals surface area contributed by atoms with E-state index in [2.05, 4.69) is 11.8 Å². The Morgan fingerprint density at radius 3 is 2.37 bits per heavy atom. The van der Waals surface area contributed by atoms with E-state index in [4.69, 9.17) is 0 Å². The van der Waals surface area contributed by atoms with Gasteiger partial charge in [-0.15, -0.1) is 0 Å². The van der Waals surface area contributed by atoms with Crippen molar-refractivity contribution in [1.29, 1.82) is 0 Å². The molecule has 0 bridgehead atoms. The maximum Gasteiger partial charge on any atom is 0.186 e. The molecule has 0 saturated heterocycles. The number of carbonyl (C=O) groups excluding carboxylic acids is 1. The van der Waals surface area contributed by atoms with Crippen molar-refractivity contribution in [3.8, 4) is 11.8 Å². The van der Waals surface area contributed by atoms with Crippen LogP contribution in [0, 0.1) is 17.7 Å². The van der Waals surface area contributed by atoms with Gasteiger partial charge >= 0.3 is 0 Å². The molecule has 2 aromatic rings. The molecule has 0 heterocycles. The second-order valence-corrected chi connectivity index (χ2v) is 3.84. The van der Waals surface area contributed by atoms with Crippen LogP contribution in [0.3, 0.4) is 0 Å². The van der Waals surface area contributed by atoms with Crippen LogP contribution in [0.4, 0.5) is 4.39 Å². The molecule has 0 aromatic heterocycles. The Hall–Kier alpha value is -2.66. The number of ketones is 1. The number of halogens is 1. The van der Waals surface area contributed by atoms with Crippen molar-refractivity contribution in [2.24, 2.45) is 0 Å². The van der Waals surface area contributed by atoms with E-state index in [1.165, 1.54) is 36.4 Å². The molecule has 0 N–H and O–H groups in total. The molecule has 0 aliphatic rings. The molecule has 0 unspecified atom stereocenters. The van der Waals surface area contributed by atoms with Crippen LogP contribution < -0.4 is 0 Å². The van der Waals surface area contributed by atoms with Crippen molar-refractivity contribution in [3.63, 3.8) is 0 Å². The average Bonchev–Trinajstić information content (AvgIpc) is 2.45. The van der Waals surface area contributed by atoms with Gasteiger partial charge < -0.3 is 0 Å². The molecule has 0 saturated carbocycles. The van der Waals surface area contributed by atoms with Gasteiger partial charge in [0.2, 0.25) is 0 Å². The highest BCUT2D eigenvalue weighted by Gasteiger charge is 2.00. The zero-order valence-corrected chi connectivity index (χ0v) is 10.1. The van der Waals surface area contributed by atoms with Crippen molar-refractivity contribution in [2.75, 3.05) is 0 Å². The van der Waals surface area contributed by atoms with Gasteiger partial charge in [-0.25, -0.2) is 4.39 Å². The van der Waals surface area contributed by atoms with Crippen LogP contribution in [-0.4, -0.2) is 5.78 Å². The number of hydrogen-bond donors (Lipinski definition) is 0. The lowest BCUT2D eigenvalue weighted by atomic mass is 10.1. The van der Waals surface area contributed by atoms with E-state index in [0.717, 1.165) is 5.56 Å². The van der Waals surface area contributed by atoms with Crippen LogP contribution in [-0.2, 0) is 0 Å². The average molecular weight is 250 g/mol. The molecule has 0 aliphatic heterocycles. The second-order valence-electron chi connectivity index (χ2n) is 3.84. The van der Waals surface area contributed by atoms with Gasteiger partial charge in [-0.2, -0.15) is 0 Å². The topological polar surface area (TPSA) is 17.1 Å². The predicted molar refractivity (Wildman–Crippen MR) is 73.2 cm³/mol.